The fourth-order valence-corrected chi connectivity index (χ4v) is 3.02. The summed E-state index contributed by atoms with van der Waals surface area (Å²) < 4.78 is 40.1. The van der Waals surface area contributed by atoms with Gasteiger partial charge in [0, 0.05) is 6.54 Å². The summed E-state index contributed by atoms with van der Waals surface area (Å²) in [5.74, 6) is -0.749. The molecule has 2 fully saturated rings. The van der Waals surface area contributed by atoms with Gasteiger partial charge in [0.05, 0.1) is 12.6 Å². The number of halogens is 3. The van der Waals surface area contributed by atoms with Gasteiger partial charge >= 0.3 is 12.4 Å². The maximum atomic E-state index is 12.2. The number of fused-ring (bicyclic) bond motifs is 1. The van der Waals surface area contributed by atoms with Crippen molar-refractivity contribution in [3.05, 3.63) is 29.8 Å². The third-order valence-electron chi connectivity index (χ3n) is 4.13. The minimum Gasteiger partial charge on any atom is -0.406 e. The maximum Gasteiger partial charge on any atom is 0.573 e. The summed E-state index contributed by atoms with van der Waals surface area (Å²) >= 11 is 0. The zero-order chi connectivity index (χ0) is 17.5. The van der Waals surface area contributed by atoms with Gasteiger partial charge < -0.3 is 14.7 Å². The molecule has 2 saturated heterocycles. The number of carbonyl (C=O) groups excluding carboxylic acids is 2. The highest BCUT2D eigenvalue weighted by atomic mass is 19.4. The van der Waals surface area contributed by atoms with Gasteiger partial charge in [0.25, 0.3) is 5.91 Å². The SMILES string of the molecule is O=C1[C@H]2CCCN2C(=O)N1C[C@H](O)c1ccc(OC(F)(F)F)cc1. The van der Waals surface area contributed by atoms with Gasteiger partial charge in [-0.05, 0) is 30.5 Å². The molecule has 0 aromatic heterocycles. The number of ether oxygens (including phenoxy) is 1. The van der Waals surface area contributed by atoms with E-state index in [0.29, 0.717) is 13.0 Å². The van der Waals surface area contributed by atoms with E-state index in [-0.39, 0.29) is 18.0 Å². The van der Waals surface area contributed by atoms with Crippen molar-refractivity contribution in [2.75, 3.05) is 13.1 Å². The molecule has 2 aliphatic rings. The van der Waals surface area contributed by atoms with Gasteiger partial charge in [-0.25, -0.2) is 4.79 Å². The first kappa shape index (κ1) is 16.6. The number of imide groups is 1. The topological polar surface area (TPSA) is 70.1 Å². The smallest absolute Gasteiger partial charge is 0.406 e. The first-order valence-corrected chi connectivity index (χ1v) is 7.42. The molecular formula is C15H15F3N2O4. The zero-order valence-corrected chi connectivity index (χ0v) is 12.5. The Labute approximate surface area is 135 Å². The van der Waals surface area contributed by atoms with Crippen molar-refractivity contribution >= 4 is 11.9 Å². The summed E-state index contributed by atoms with van der Waals surface area (Å²) in [4.78, 5) is 26.8. The number of hydrogen-bond donors (Lipinski definition) is 1. The van der Waals surface area contributed by atoms with E-state index in [2.05, 4.69) is 4.74 Å². The largest absolute Gasteiger partial charge is 0.573 e. The van der Waals surface area contributed by atoms with E-state index in [1.54, 1.807) is 0 Å². The van der Waals surface area contributed by atoms with Crippen molar-refractivity contribution < 1.29 is 32.6 Å². The van der Waals surface area contributed by atoms with Gasteiger partial charge in [-0.3, -0.25) is 9.69 Å². The molecule has 0 saturated carbocycles. The Morgan fingerprint density at radius 1 is 1.25 bits per heavy atom. The molecule has 3 rings (SSSR count). The molecule has 1 aromatic carbocycles. The molecule has 0 spiro atoms. The lowest BCUT2D eigenvalue weighted by atomic mass is 10.1. The van der Waals surface area contributed by atoms with Crippen LogP contribution in [0.5, 0.6) is 5.75 Å². The lowest BCUT2D eigenvalue weighted by molar-refractivity contribution is -0.274. The first-order chi connectivity index (χ1) is 11.3. The quantitative estimate of drug-likeness (QED) is 0.849. The molecular weight excluding hydrogens is 329 g/mol. The van der Waals surface area contributed by atoms with E-state index >= 15 is 0 Å². The van der Waals surface area contributed by atoms with Crippen molar-refractivity contribution in [2.24, 2.45) is 0 Å². The fraction of sp³-hybridized carbons (Fsp3) is 0.467. The molecule has 2 heterocycles. The molecule has 1 N–H and O–H groups in total. The molecule has 0 unspecified atom stereocenters. The minimum absolute atomic E-state index is 0.232. The van der Waals surface area contributed by atoms with Gasteiger partial charge in [-0.1, -0.05) is 12.1 Å². The predicted molar refractivity (Wildman–Crippen MR) is 74.9 cm³/mol. The molecule has 9 heteroatoms. The second-order valence-corrected chi connectivity index (χ2v) is 5.72. The number of rotatable bonds is 4. The highest BCUT2D eigenvalue weighted by Gasteiger charge is 2.47. The summed E-state index contributed by atoms with van der Waals surface area (Å²) in [6.07, 6.45) is -4.58. The molecule has 2 atom stereocenters. The van der Waals surface area contributed by atoms with Gasteiger partial charge in [-0.2, -0.15) is 0 Å². The molecule has 0 radical (unpaired) electrons. The van der Waals surface area contributed by atoms with E-state index in [4.69, 9.17) is 0 Å². The Morgan fingerprint density at radius 2 is 1.92 bits per heavy atom. The van der Waals surface area contributed by atoms with Crippen LogP contribution in [-0.2, 0) is 4.79 Å². The van der Waals surface area contributed by atoms with Gasteiger partial charge in [0.1, 0.15) is 11.8 Å². The number of nitrogens with zero attached hydrogens (tertiary/aromatic N) is 2. The highest BCUT2D eigenvalue weighted by Crippen LogP contribution is 2.29. The van der Waals surface area contributed by atoms with Crippen molar-refractivity contribution in [1.29, 1.82) is 0 Å². The van der Waals surface area contributed by atoms with Crippen LogP contribution in [0.25, 0.3) is 0 Å². The average Bonchev–Trinajstić information content (AvgIpc) is 3.06. The van der Waals surface area contributed by atoms with Crippen LogP contribution in [0.15, 0.2) is 24.3 Å². The molecule has 0 aliphatic carbocycles. The van der Waals surface area contributed by atoms with Crippen molar-refractivity contribution in [1.82, 2.24) is 9.80 Å². The van der Waals surface area contributed by atoms with Crippen LogP contribution in [0.4, 0.5) is 18.0 Å². The monoisotopic (exact) mass is 344 g/mol. The van der Waals surface area contributed by atoms with Crippen LogP contribution in [0.3, 0.4) is 0 Å². The number of hydrogen-bond acceptors (Lipinski definition) is 4. The first-order valence-electron chi connectivity index (χ1n) is 7.42. The standard InChI is InChI=1S/C15H15F3N2O4/c16-15(17,18)24-10-5-3-9(4-6-10)12(21)8-20-13(22)11-2-1-7-19(11)14(20)23/h3-6,11-12,21H,1-2,7-8H2/t11-,12+/m1/s1. The van der Waals surface area contributed by atoms with Gasteiger partial charge in [0.2, 0.25) is 0 Å². The molecule has 2 aliphatic heterocycles. The van der Waals surface area contributed by atoms with Crippen LogP contribution in [0, 0.1) is 0 Å². The Balaban J connectivity index is 1.66. The van der Waals surface area contributed by atoms with Crippen LogP contribution in [0.1, 0.15) is 24.5 Å². The van der Waals surface area contributed by atoms with Crippen LogP contribution in [-0.4, -0.2) is 52.3 Å². The fourth-order valence-electron chi connectivity index (χ4n) is 3.02. The van der Waals surface area contributed by atoms with E-state index in [1.165, 1.54) is 17.0 Å². The van der Waals surface area contributed by atoms with E-state index in [0.717, 1.165) is 23.5 Å². The second kappa shape index (κ2) is 5.97. The number of amides is 3. The maximum absolute atomic E-state index is 12.2. The number of urea groups is 1. The summed E-state index contributed by atoms with van der Waals surface area (Å²) in [7, 11) is 0. The summed E-state index contributed by atoms with van der Waals surface area (Å²) in [5.41, 5.74) is 0.289. The Hall–Kier alpha value is -2.29. The number of aliphatic hydroxyl groups excluding tert-OH is 1. The van der Waals surface area contributed by atoms with Gasteiger partial charge in [-0.15, -0.1) is 13.2 Å². The molecule has 24 heavy (non-hydrogen) atoms. The van der Waals surface area contributed by atoms with Crippen LogP contribution < -0.4 is 4.74 Å². The van der Waals surface area contributed by atoms with Crippen LogP contribution in [0.2, 0.25) is 0 Å². The number of alkyl halides is 3. The van der Waals surface area contributed by atoms with E-state index in [1.807, 2.05) is 0 Å². The van der Waals surface area contributed by atoms with Crippen molar-refractivity contribution in [2.45, 2.75) is 31.3 Å². The Bertz CT molecular complexity index is 625. The number of β-amino-alcohol motifs (C(OH)–C–C–N with tert-alkyl or cyclic N) is 1. The zero-order valence-electron chi connectivity index (χ0n) is 12.5. The lowest BCUT2D eigenvalue weighted by Gasteiger charge is -2.19. The molecule has 3 amide bonds. The highest BCUT2D eigenvalue weighted by molar-refractivity contribution is 6.04. The van der Waals surface area contributed by atoms with Crippen LogP contribution >= 0.6 is 0 Å². The van der Waals surface area contributed by atoms with E-state index in [9.17, 15) is 27.9 Å². The number of carbonyl (C=O) groups is 2. The van der Waals surface area contributed by atoms with Crippen molar-refractivity contribution in [3.8, 4) is 5.75 Å². The third kappa shape index (κ3) is 3.16. The average molecular weight is 344 g/mol. The summed E-state index contributed by atoms with van der Waals surface area (Å²) in [6, 6.07) is 3.77. The summed E-state index contributed by atoms with van der Waals surface area (Å²) in [5, 5.41) is 10.2. The molecule has 1 aromatic rings. The molecule has 130 valence electrons. The second-order valence-electron chi connectivity index (χ2n) is 5.72. The lowest BCUT2D eigenvalue weighted by Crippen LogP contribution is -2.36. The molecule has 0 bridgehead atoms. The normalized spacial score (nSPS) is 22.1. The Kier molecular flexibility index (Phi) is 4.12. The third-order valence-corrected chi connectivity index (χ3v) is 4.13. The van der Waals surface area contributed by atoms with E-state index < -0.39 is 30.3 Å². The summed E-state index contributed by atoms with van der Waals surface area (Å²) in [6.45, 7) is 0.287. The number of benzene rings is 1. The van der Waals surface area contributed by atoms with Crippen molar-refractivity contribution in [3.63, 3.8) is 0 Å². The minimum atomic E-state index is -4.79. The molecule has 6 nitrogen and oxygen atoms in total. The van der Waals surface area contributed by atoms with Gasteiger partial charge in [0.15, 0.2) is 0 Å². The Morgan fingerprint density at radius 3 is 2.50 bits per heavy atom. The number of aliphatic hydroxyl groups is 1. The predicted octanol–water partition coefficient (Wildman–Crippen LogP) is 2.05.